The lowest BCUT2D eigenvalue weighted by molar-refractivity contribution is 0.402. The summed E-state index contributed by atoms with van der Waals surface area (Å²) < 4.78 is 0. The predicted octanol–water partition coefficient (Wildman–Crippen LogP) is 3.50. The fourth-order valence-electron chi connectivity index (χ4n) is 1.90. The number of benzene rings is 2. The third-order valence-corrected chi connectivity index (χ3v) is 2.68. The van der Waals surface area contributed by atoms with Gasteiger partial charge in [0.2, 0.25) is 0 Å². The highest BCUT2D eigenvalue weighted by atomic mass is 15.0. The standard InChI is InChI=1S/2C9H13N/c2*1-10(2)8-9-6-4-3-5-7-9/h2*3-7H,8H2,1-2H3. The molecule has 0 aliphatic heterocycles. The van der Waals surface area contributed by atoms with Crippen LogP contribution in [0.25, 0.3) is 0 Å². The average Bonchev–Trinajstić information content (AvgIpc) is 2.40. The van der Waals surface area contributed by atoms with Gasteiger partial charge in [0.05, 0.1) is 0 Å². The maximum absolute atomic E-state index is 2.16. The van der Waals surface area contributed by atoms with Crippen LogP contribution in [0.2, 0.25) is 0 Å². The van der Waals surface area contributed by atoms with E-state index in [0.717, 1.165) is 13.1 Å². The molecular formula is C18H26N2. The van der Waals surface area contributed by atoms with Gasteiger partial charge in [0, 0.05) is 13.1 Å². The first kappa shape index (κ1) is 16.4. The maximum atomic E-state index is 2.16. The van der Waals surface area contributed by atoms with E-state index in [4.69, 9.17) is 0 Å². The van der Waals surface area contributed by atoms with Gasteiger partial charge in [-0.2, -0.15) is 0 Å². The van der Waals surface area contributed by atoms with Crippen molar-refractivity contribution in [2.24, 2.45) is 0 Å². The normalized spacial score (nSPS) is 10.3. The number of hydrogen-bond acceptors (Lipinski definition) is 2. The van der Waals surface area contributed by atoms with E-state index in [1.54, 1.807) is 0 Å². The van der Waals surface area contributed by atoms with Gasteiger partial charge in [0.15, 0.2) is 0 Å². The molecule has 0 aromatic heterocycles. The fourth-order valence-corrected chi connectivity index (χ4v) is 1.90. The summed E-state index contributed by atoms with van der Waals surface area (Å²) >= 11 is 0. The highest BCUT2D eigenvalue weighted by Gasteiger charge is 1.91. The van der Waals surface area contributed by atoms with Crippen LogP contribution in [0.5, 0.6) is 0 Å². The largest absolute Gasteiger partial charge is 0.305 e. The summed E-state index contributed by atoms with van der Waals surface area (Å²) in [5, 5.41) is 0. The van der Waals surface area contributed by atoms with Gasteiger partial charge in [0.25, 0.3) is 0 Å². The van der Waals surface area contributed by atoms with Crippen molar-refractivity contribution in [2.45, 2.75) is 13.1 Å². The molecular weight excluding hydrogens is 244 g/mol. The first-order chi connectivity index (χ1) is 9.58. The SMILES string of the molecule is CN(C)Cc1ccccc1.CN(C)Cc1ccccc1. The Morgan fingerprint density at radius 1 is 0.550 bits per heavy atom. The van der Waals surface area contributed by atoms with Crippen molar-refractivity contribution in [3.8, 4) is 0 Å². The summed E-state index contributed by atoms with van der Waals surface area (Å²) in [6.45, 7) is 2.06. The van der Waals surface area contributed by atoms with Gasteiger partial charge < -0.3 is 9.80 Å². The summed E-state index contributed by atoms with van der Waals surface area (Å²) in [5.74, 6) is 0. The van der Waals surface area contributed by atoms with Crippen LogP contribution in [-0.4, -0.2) is 38.0 Å². The van der Waals surface area contributed by atoms with Crippen LogP contribution in [0.1, 0.15) is 11.1 Å². The van der Waals surface area contributed by atoms with E-state index in [0.29, 0.717) is 0 Å². The minimum absolute atomic E-state index is 1.03. The van der Waals surface area contributed by atoms with Gasteiger partial charge >= 0.3 is 0 Å². The molecule has 0 saturated carbocycles. The van der Waals surface area contributed by atoms with Crippen LogP contribution >= 0.6 is 0 Å². The number of hydrogen-bond donors (Lipinski definition) is 0. The Kier molecular flexibility index (Phi) is 7.63. The molecule has 0 aliphatic rings. The molecule has 2 rings (SSSR count). The van der Waals surface area contributed by atoms with Gasteiger partial charge in [-0.3, -0.25) is 0 Å². The van der Waals surface area contributed by atoms with Crippen LogP contribution in [0.4, 0.5) is 0 Å². The third kappa shape index (κ3) is 7.72. The highest BCUT2D eigenvalue weighted by molar-refractivity contribution is 5.14. The zero-order valence-corrected chi connectivity index (χ0v) is 13.1. The van der Waals surface area contributed by atoms with Crippen LogP contribution in [0.3, 0.4) is 0 Å². The molecule has 0 amide bonds. The third-order valence-electron chi connectivity index (χ3n) is 2.68. The molecule has 0 bridgehead atoms. The Labute approximate surface area is 123 Å². The van der Waals surface area contributed by atoms with E-state index in [9.17, 15) is 0 Å². The summed E-state index contributed by atoms with van der Waals surface area (Å²) in [5.41, 5.74) is 2.74. The van der Waals surface area contributed by atoms with E-state index < -0.39 is 0 Å². The van der Waals surface area contributed by atoms with Crippen molar-refractivity contribution in [1.82, 2.24) is 9.80 Å². The predicted molar refractivity (Wildman–Crippen MR) is 87.7 cm³/mol. The second-order valence-corrected chi connectivity index (χ2v) is 5.45. The van der Waals surface area contributed by atoms with Crippen molar-refractivity contribution >= 4 is 0 Å². The summed E-state index contributed by atoms with van der Waals surface area (Å²) in [6, 6.07) is 20.9. The van der Waals surface area contributed by atoms with E-state index in [1.165, 1.54) is 11.1 Å². The molecule has 0 radical (unpaired) electrons. The lowest BCUT2D eigenvalue weighted by Gasteiger charge is -2.08. The van der Waals surface area contributed by atoms with Crippen molar-refractivity contribution in [3.63, 3.8) is 0 Å². The van der Waals surface area contributed by atoms with E-state index >= 15 is 0 Å². The molecule has 0 N–H and O–H groups in total. The minimum atomic E-state index is 1.03. The quantitative estimate of drug-likeness (QED) is 0.839. The summed E-state index contributed by atoms with van der Waals surface area (Å²) in [7, 11) is 8.31. The van der Waals surface area contributed by atoms with Crippen LogP contribution in [0.15, 0.2) is 60.7 Å². The average molecular weight is 270 g/mol. The zero-order valence-electron chi connectivity index (χ0n) is 13.1. The Hall–Kier alpha value is -1.64. The van der Waals surface area contributed by atoms with E-state index in [1.807, 2.05) is 12.1 Å². The second kappa shape index (κ2) is 9.29. The Balaban J connectivity index is 0.000000200. The molecule has 0 saturated heterocycles. The smallest absolute Gasteiger partial charge is 0.0227 e. The molecule has 2 heteroatoms. The molecule has 20 heavy (non-hydrogen) atoms. The molecule has 0 heterocycles. The van der Waals surface area contributed by atoms with Gasteiger partial charge in [0.1, 0.15) is 0 Å². The zero-order chi connectivity index (χ0) is 14.8. The number of rotatable bonds is 4. The lowest BCUT2D eigenvalue weighted by atomic mass is 10.2. The Bertz CT molecular complexity index is 404. The van der Waals surface area contributed by atoms with Gasteiger partial charge in [-0.1, -0.05) is 60.7 Å². The van der Waals surface area contributed by atoms with Gasteiger partial charge in [-0.05, 0) is 39.3 Å². The minimum Gasteiger partial charge on any atom is -0.305 e. The lowest BCUT2D eigenvalue weighted by Crippen LogP contribution is -2.10. The Morgan fingerprint density at radius 3 is 1.10 bits per heavy atom. The molecule has 2 aromatic rings. The summed E-state index contributed by atoms with van der Waals surface area (Å²) in [6.07, 6.45) is 0. The van der Waals surface area contributed by atoms with Gasteiger partial charge in [-0.15, -0.1) is 0 Å². The molecule has 0 unspecified atom stereocenters. The highest BCUT2D eigenvalue weighted by Crippen LogP contribution is 2.00. The van der Waals surface area contributed by atoms with Crippen LogP contribution in [0, 0.1) is 0 Å². The molecule has 2 nitrogen and oxygen atoms in total. The maximum Gasteiger partial charge on any atom is 0.0227 e. The molecule has 0 aliphatic carbocycles. The van der Waals surface area contributed by atoms with Crippen molar-refractivity contribution < 1.29 is 0 Å². The molecule has 2 aromatic carbocycles. The van der Waals surface area contributed by atoms with Crippen molar-refractivity contribution in [2.75, 3.05) is 28.2 Å². The molecule has 0 spiro atoms. The van der Waals surface area contributed by atoms with Crippen molar-refractivity contribution in [3.05, 3.63) is 71.8 Å². The Morgan fingerprint density at radius 2 is 0.850 bits per heavy atom. The van der Waals surface area contributed by atoms with E-state index in [2.05, 4.69) is 86.5 Å². The second-order valence-electron chi connectivity index (χ2n) is 5.45. The molecule has 0 fully saturated rings. The monoisotopic (exact) mass is 270 g/mol. The summed E-state index contributed by atoms with van der Waals surface area (Å²) in [4.78, 5) is 4.32. The first-order valence-corrected chi connectivity index (χ1v) is 6.95. The molecule has 108 valence electrons. The van der Waals surface area contributed by atoms with Crippen LogP contribution < -0.4 is 0 Å². The van der Waals surface area contributed by atoms with Crippen LogP contribution in [-0.2, 0) is 13.1 Å². The molecule has 0 atom stereocenters. The number of nitrogens with zero attached hydrogens (tertiary/aromatic N) is 2. The van der Waals surface area contributed by atoms with E-state index in [-0.39, 0.29) is 0 Å². The topological polar surface area (TPSA) is 6.48 Å². The fraction of sp³-hybridized carbons (Fsp3) is 0.333. The van der Waals surface area contributed by atoms with Crippen molar-refractivity contribution in [1.29, 1.82) is 0 Å². The first-order valence-electron chi connectivity index (χ1n) is 6.95. The van der Waals surface area contributed by atoms with Gasteiger partial charge in [-0.25, -0.2) is 0 Å².